The van der Waals surface area contributed by atoms with Gasteiger partial charge < -0.3 is 10.2 Å². The van der Waals surface area contributed by atoms with Gasteiger partial charge in [0.05, 0.1) is 0 Å². The number of carbonyl (C=O) groups excluding carboxylic acids is 1. The van der Waals surface area contributed by atoms with Gasteiger partial charge in [-0.3, -0.25) is 4.79 Å². The van der Waals surface area contributed by atoms with E-state index in [4.69, 9.17) is 0 Å². The number of halogens is 1. The molecule has 2 unspecified atom stereocenters. The second-order valence-electron chi connectivity index (χ2n) is 6.38. The van der Waals surface area contributed by atoms with Gasteiger partial charge in [0, 0.05) is 25.6 Å². The van der Waals surface area contributed by atoms with Gasteiger partial charge in [0.2, 0.25) is 5.91 Å². The fourth-order valence-electron chi connectivity index (χ4n) is 3.21. The van der Waals surface area contributed by atoms with Crippen molar-refractivity contribution >= 4 is 5.91 Å². The molecule has 22 heavy (non-hydrogen) atoms. The van der Waals surface area contributed by atoms with Gasteiger partial charge in [0.15, 0.2) is 0 Å². The summed E-state index contributed by atoms with van der Waals surface area (Å²) in [7, 11) is 0. The Bertz CT molecular complexity index is 486. The smallest absolute Gasteiger partial charge is 0.223 e. The summed E-state index contributed by atoms with van der Waals surface area (Å²) in [6.07, 6.45) is 3.31. The van der Waals surface area contributed by atoms with Crippen molar-refractivity contribution in [2.75, 3.05) is 19.6 Å². The minimum Gasteiger partial charge on any atom is -0.338 e. The van der Waals surface area contributed by atoms with E-state index in [1.807, 2.05) is 11.0 Å². The molecule has 1 fully saturated rings. The van der Waals surface area contributed by atoms with Crippen LogP contribution in [0.3, 0.4) is 0 Å². The number of hydrogen-bond donors (Lipinski definition) is 1. The molecule has 2 rings (SSSR count). The van der Waals surface area contributed by atoms with Gasteiger partial charge in [0.1, 0.15) is 5.82 Å². The molecule has 1 aromatic carbocycles. The maximum absolute atomic E-state index is 13.2. The van der Waals surface area contributed by atoms with E-state index >= 15 is 0 Å². The third kappa shape index (κ3) is 4.80. The normalized spacial score (nSPS) is 19.1. The van der Waals surface area contributed by atoms with Crippen molar-refractivity contribution in [2.45, 2.75) is 45.6 Å². The molecule has 0 aromatic heterocycles. The first-order valence-corrected chi connectivity index (χ1v) is 8.34. The summed E-state index contributed by atoms with van der Waals surface area (Å²) in [6.45, 7) is 6.91. The molecule has 4 heteroatoms. The van der Waals surface area contributed by atoms with E-state index in [0.717, 1.165) is 44.5 Å². The highest BCUT2D eigenvalue weighted by atomic mass is 19.1. The van der Waals surface area contributed by atoms with Crippen LogP contribution < -0.4 is 5.32 Å². The summed E-state index contributed by atoms with van der Waals surface area (Å²) in [5, 5.41) is 3.33. The Morgan fingerprint density at radius 2 is 2.32 bits per heavy atom. The summed E-state index contributed by atoms with van der Waals surface area (Å²) < 4.78 is 13.2. The first kappa shape index (κ1) is 16.9. The Labute approximate surface area is 132 Å². The molecule has 1 heterocycles. The summed E-state index contributed by atoms with van der Waals surface area (Å²) >= 11 is 0. The van der Waals surface area contributed by atoms with E-state index in [1.165, 1.54) is 6.07 Å². The number of amides is 1. The average molecular weight is 306 g/mol. The number of nitrogens with one attached hydrogen (secondary N) is 1. The third-order valence-corrected chi connectivity index (χ3v) is 4.26. The lowest BCUT2D eigenvalue weighted by molar-refractivity contribution is -0.134. The van der Waals surface area contributed by atoms with E-state index < -0.39 is 0 Å². The topological polar surface area (TPSA) is 32.3 Å². The van der Waals surface area contributed by atoms with Crippen molar-refractivity contribution in [1.29, 1.82) is 0 Å². The lowest BCUT2D eigenvalue weighted by Crippen LogP contribution is -2.42. The Hall–Kier alpha value is -1.42. The highest BCUT2D eigenvalue weighted by Gasteiger charge is 2.26. The SMILES string of the molecule is CCCN(C(=O)CC(C)Cc1cccc(F)c1)C1CCNC1. The standard InChI is InChI=1S/C18H27FN2O/c1-3-9-21(17-7-8-20-13-17)18(22)11-14(2)10-15-5-4-6-16(19)12-15/h4-6,12,14,17,20H,3,7-11,13H2,1-2H3. The molecule has 1 amide bonds. The number of carbonyl (C=O) groups is 1. The molecule has 122 valence electrons. The van der Waals surface area contributed by atoms with Crippen molar-refractivity contribution in [3.63, 3.8) is 0 Å². The van der Waals surface area contributed by atoms with Crippen molar-refractivity contribution in [1.82, 2.24) is 10.2 Å². The Morgan fingerprint density at radius 3 is 2.95 bits per heavy atom. The average Bonchev–Trinajstić information content (AvgIpc) is 2.98. The van der Waals surface area contributed by atoms with Gasteiger partial charge in [-0.15, -0.1) is 0 Å². The summed E-state index contributed by atoms with van der Waals surface area (Å²) in [5.41, 5.74) is 0.963. The number of benzene rings is 1. The molecule has 3 nitrogen and oxygen atoms in total. The Balaban J connectivity index is 1.90. The first-order chi connectivity index (χ1) is 10.6. The number of rotatable bonds is 7. The Kier molecular flexibility index (Phi) is 6.37. The van der Waals surface area contributed by atoms with Crippen molar-refractivity contribution < 1.29 is 9.18 Å². The van der Waals surface area contributed by atoms with Crippen LogP contribution in [-0.4, -0.2) is 36.5 Å². The molecular weight excluding hydrogens is 279 g/mol. The molecule has 1 N–H and O–H groups in total. The summed E-state index contributed by atoms with van der Waals surface area (Å²) in [5.74, 6) is 0.253. The van der Waals surface area contributed by atoms with Crippen molar-refractivity contribution in [3.8, 4) is 0 Å². The maximum Gasteiger partial charge on any atom is 0.223 e. The highest BCUT2D eigenvalue weighted by molar-refractivity contribution is 5.76. The lowest BCUT2D eigenvalue weighted by Gasteiger charge is -2.29. The maximum atomic E-state index is 13.2. The van der Waals surface area contributed by atoms with Gasteiger partial charge >= 0.3 is 0 Å². The Morgan fingerprint density at radius 1 is 1.50 bits per heavy atom. The monoisotopic (exact) mass is 306 g/mol. The van der Waals surface area contributed by atoms with Crippen LogP contribution in [0.2, 0.25) is 0 Å². The minimum absolute atomic E-state index is 0.208. The number of nitrogens with zero attached hydrogens (tertiary/aromatic N) is 1. The number of hydrogen-bond acceptors (Lipinski definition) is 2. The predicted molar refractivity (Wildman–Crippen MR) is 87.2 cm³/mol. The van der Waals surface area contributed by atoms with Crippen LogP contribution in [0.15, 0.2) is 24.3 Å². The quantitative estimate of drug-likeness (QED) is 0.840. The molecule has 0 aliphatic carbocycles. The van der Waals surface area contributed by atoms with Crippen molar-refractivity contribution in [3.05, 3.63) is 35.6 Å². The van der Waals surface area contributed by atoms with Crippen LogP contribution in [0.5, 0.6) is 0 Å². The van der Waals surface area contributed by atoms with E-state index in [1.54, 1.807) is 12.1 Å². The zero-order valence-electron chi connectivity index (χ0n) is 13.6. The van der Waals surface area contributed by atoms with Crippen molar-refractivity contribution in [2.24, 2.45) is 5.92 Å². The molecule has 0 saturated carbocycles. The molecular formula is C18H27FN2O. The van der Waals surface area contributed by atoms with Gasteiger partial charge in [-0.25, -0.2) is 4.39 Å². The van der Waals surface area contributed by atoms with E-state index in [9.17, 15) is 9.18 Å². The van der Waals surface area contributed by atoms with Crippen LogP contribution in [0.25, 0.3) is 0 Å². The van der Waals surface area contributed by atoms with Crippen LogP contribution in [0.4, 0.5) is 4.39 Å². The fraction of sp³-hybridized carbons (Fsp3) is 0.611. The predicted octanol–water partition coefficient (Wildman–Crippen LogP) is 2.99. The molecule has 0 radical (unpaired) electrons. The van der Waals surface area contributed by atoms with E-state index in [2.05, 4.69) is 19.2 Å². The van der Waals surface area contributed by atoms with E-state index in [0.29, 0.717) is 12.5 Å². The fourth-order valence-corrected chi connectivity index (χ4v) is 3.21. The molecule has 0 bridgehead atoms. The van der Waals surface area contributed by atoms with Crippen LogP contribution in [-0.2, 0) is 11.2 Å². The zero-order valence-corrected chi connectivity index (χ0v) is 13.6. The van der Waals surface area contributed by atoms with Gasteiger partial charge in [-0.1, -0.05) is 26.0 Å². The summed E-state index contributed by atoms with van der Waals surface area (Å²) in [6, 6.07) is 7.01. The van der Waals surface area contributed by atoms with Crippen LogP contribution in [0, 0.1) is 11.7 Å². The molecule has 1 aliphatic rings. The molecule has 1 aromatic rings. The molecule has 1 saturated heterocycles. The third-order valence-electron chi connectivity index (χ3n) is 4.26. The second-order valence-corrected chi connectivity index (χ2v) is 6.38. The molecule has 2 atom stereocenters. The highest BCUT2D eigenvalue weighted by Crippen LogP contribution is 2.17. The largest absolute Gasteiger partial charge is 0.338 e. The van der Waals surface area contributed by atoms with Crippen LogP contribution in [0.1, 0.15) is 38.7 Å². The first-order valence-electron chi connectivity index (χ1n) is 8.34. The van der Waals surface area contributed by atoms with Gasteiger partial charge in [0.25, 0.3) is 0 Å². The van der Waals surface area contributed by atoms with E-state index in [-0.39, 0.29) is 17.6 Å². The summed E-state index contributed by atoms with van der Waals surface area (Å²) in [4.78, 5) is 14.7. The lowest BCUT2D eigenvalue weighted by atomic mass is 9.97. The second kappa shape index (κ2) is 8.28. The zero-order chi connectivity index (χ0) is 15.9. The molecule has 0 spiro atoms. The van der Waals surface area contributed by atoms with Gasteiger partial charge in [-0.05, 0) is 49.4 Å². The minimum atomic E-state index is -0.208. The van der Waals surface area contributed by atoms with Gasteiger partial charge in [-0.2, -0.15) is 0 Å². The van der Waals surface area contributed by atoms with Crippen LogP contribution >= 0.6 is 0 Å². The molecule has 1 aliphatic heterocycles.